The van der Waals surface area contributed by atoms with E-state index in [1.165, 1.54) is 5.56 Å². The van der Waals surface area contributed by atoms with Gasteiger partial charge >= 0.3 is 0 Å². The summed E-state index contributed by atoms with van der Waals surface area (Å²) in [6, 6.07) is 5.98. The minimum Gasteiger partial charge on any atom is -0.399 e. The third-order valence-electron chi connectivity index (χ3n) is 3.08. The molecular weight excluding hydrogens is 246 g/mol. The van der Waals surface area contributed by atoms with Gasteiger partial charge in [0.15, 0.2) is 0 Å². The minimum absolute atomic E-state index is 0.218. The molecule has 3 rings (SSSR count). The first-order chi connectivity index (χ1) is 8.63. The Morgan fingerprint density at radius 2 is 2.22 bits per heavy atom. The topological polar surface area (TPSA) is 82.0 Å². The van der Waals surface area contributed by atoms with E-state index < -0.39 is 0 Å². The summed E-state index contributed by atoms with van der Waals surface area (Å²) in [6.45, 7) is 0. The van der Waals surface area contributed by atoms with Crippen LogP contribution in [0.3, 0.4) is 0 Å². The molecule has 0 aliphatic heterocycles. The van der Waals surface area contributed by atoms with E-state index in [-0.39, 0.29) is 12.3 Å². The Bertz CT molecular complexity index is 633. The Labute approximate surface area is 109 Å². The van der Waals surface area contributed by atoms with Crippen LogP contribution in [0.2, 0.25) is 0 Å². The van der Waals surface area contributed by atoms with Crippen molar-refractivity contribution in [3.8, 4) is 10.4 Å². The molecule has 0 bridgehead atoms. The van der Waals surface area contributed by atoms with Crippen LogP contribution in [0.5, 0.6) is 0 Å². The van der Waals surface area contributed by atoms with Crippen LogP contribution in [0.25, 0.3) is 10.4 Å². The lowest BCUT2D eigenvalue weighted by atomic mass is 9.93. The van der Waals surface area contributed by atoms with Crippen molar-refractivity contribution in [2.24, 2.45) is 5.73 Å². The van der Waals surface area contributed by atoms with Crippen molar-refractivity contribution in [3.05, 3.63) is 34.5 Å². The van der Waals surface area contributed by atoms with Gasteiger partial charge in [-0.3, -0.25) is 4.79 Å². The van der Waals surface area contributed by atoms with Crippen molar-refractivity contribution in [2.75, 3.05) is 5.73 Å². The van der Waals surface area contributed by atoms with Gasteiger partial charge in [0.2, 0.25) is 5.91 Å². The summed E-state index contributed by atoms with van der Waals surface area (Å²) in [5.74, 6) is -0.339. The fourth-order valence-electron chi connectivity index (χ4n) is 2.28. The third kappa shape index (κ3) is 1.86. The van der Waals surface area contributed by atoms with Crippen molar-refractivity contribution in [2.45, 2.75) is 19.3 Å². The zero-order chi connectivity index (χ0) is 12.7. The van der Waals surface area contributed by atoms with E-state index in [1.807, 2.05) is 12.1 Å². The number of aromatic nitrogens is 1. The predicted octanol–water partition coefficient (Wildman–Crippen LogP) is 1.52. The molecule has 0 spiro atoms. The summed E-state index contributed by atoms with van der Waals surface area (Å²) < 4.78 is 0. The number of thiazole rings is 1. The smallest absolute Gasteiger partial charge is 0.224 e. The number of aryl methyl sites for hydroxylation is 2. The van der Waals surface area contributed by atoms with Crippen molar-refractivity contribution in [3.63, 3.8) is 0 Å². The number of carbonyl (C=O) groups is 1. The van der Waals surface area contributed by atoms with Gasteiger partial charge in [0.05, 0.1) is 17.0 Å². The highest BCUT2D eigenvalue weighted by Crippen LogP contribution is 2.38. The molecule has 4 nitrogen and oxygen atoms in total. The summed E-state index contributed by atoms with van der Waals surface area (Å²) in [5.41, 5.74) is 15.3. The molecule has 0 unspecified atom stereocenters. The predicted molar refractivity (Wildman–Crippen MR) is 72.3 cm³/mol. The molecule has 0 saturated heterocycles. The van der Waals surface area contributed by atoms with Crippen LogP contribution in [-0.2, 0) is 24.1 Å². The molecule has 18 heavy (non-hydrogen) atoms. The molecule has 5 heteroatoms. The second-order valence-corrected chi connectivity index (χ2v) is 5.53. The molecule has 1 aliphatic rings. The Balaban J connectivity index is 2.08. The van der Waals surface area contributed by atoms with Crippen LogP contribution in [0, 0.1) is 0 Å². The monoisotopic (exact) mass is 259 g/mol. The number of nitrogens with zero attached hydrogens (tertiary/aromatic N) is 1. The lowest BCUT2D eigenvalue weighted by Gasteiger charge is -2.15. The maximum atomic E-state index is 11.0. The summed E-state index contributed by atoms with van der Waals surface area (Å²) in [4.78, 5) is 16.6. The number of hydrogen-bond acceptors (Lipinski definition) is 4. The van der Waals surface area contributed by atoms with Gasteiger partial charge < -0.3 is 11.5 Å². The van der Waals surface area contributed by atoms with Gasteiger partial charge in [-0.25, -0.2) is 4.98 Å². The van der Waals surface area contributed by atoms with E-state index in [9.17, 15) is 4.79 Å². The van der Waals surface area contributed by atoms with Crippen molar-refractivity contribution >= 4 is 22.9 Å². The first-order valence-corrected chi connectivity index (χ1v) is 6.61. The lowest BCUT2D eigenvalue weighted by Crippen LogP contribution is -2.13. The number of nitrogens with two attached hydrogens (primary N) is 2. The summed E-state index contributed by atoms with van der Waals surface area (Å²) in [5, 5.41) is 0.794. The quantitative estimate of drug-likeness (QED) is 0.802. The average molecular weight is 259 g/mol. The lowest BCUT2D eigenvalue weighted by molar-refractivity contribution is -0.117. The zero-order valence-corrected chi connectivity index (χ0v) is 10.6. The van der Waals surface area contributed by atoms with Gasteiger partial charge in [-0.2, -0.15) is 0 Å². The van der Waals surface area contributed by atoms with Gasteiger partial charge in [-0.1, -0.05) is 6.07 Å². The highest BCUT2D eigenvalue weighted by Gasteiger charge is 2.21. The number of fused-ring (bicyclic) bond motifs is 3. The van der Waals surface area contributed by atoms with Crippen LogP contribution in [0.1, 0.15) is 16.3 Å². The molecule has 1 aromatic heterocycles. The van der Waals surface area contributed by atoms with Crippen LogP contribution < -0.4 is 11.5 Å². The molecule has 0 fully saturated rings. The van der Waals surface area contributed by atoms with E-state index in [1.54, 1.807) is 11.3 Å². The van der Waals surface area contributed by atoms with Crippen LogP contribution in [0.4, 0.5) is 5.69 Å². The number of nitrogen functional groups attached to an aromatic ring is 1. The third-order valence-corrected chi connectivity index (χ3v) is 4.21. The average Bonchev–Trinajstić information content (AvgIpc) is 2.70. The first kappa shape index (κ1) is 11.2. The number of rotatable bonds is 2. The normalized spacial score (nSPS) is 12.9. The van der Waals surface area contributed by atoms with Gasteiger partial charge in [0.25, 0.3) is 0 Å². The SMILES string of the molecule is NC(=O)Cc1nc2c(s1)-c1cc(N)ccc1CC2. The number of benzene rings is 1. The molecule has 2 aromatic rings. The van der Waals surface area contributed by atoms with Crippen molar-refractivity contribution in [1.29, 1.82) is 0 Å². The van der Waals surface area contributed by atoms with E-state index in [4.69, 9.17) is 11.5 Å². The van der Waals surface area contributed by atoms with E-state index in [2.05, 4.69) is 11.1 Å². The van der Waals surface area contributed by atoms with Crippen LogP contribution in [0.15, 0.2) is 18.2 Å². The fraction of sp³-hybridized carbons (Fsp3) is 0.231. The molecular formula is C13H13N3OS. The number of amides is 1. The molecule has 0 saturated carbocycles. The number of carbonyl (C=O) groups excluding carboxylic acids is 1. The maximum Gasteiger partial charge on any atom is 0.224 e. The van der Waals surface area contributed by atoms with Crippen molar-refractivity contribution in [1.82, 2.24) is 4.98 Å². The second kappa shape index (κ2) is 4.10. The highest BCUT2D eigenvalue weighted by molar-refractivity contribution is 7.15. The Hall–Kier alpha value is -1.88. The Kier molecular flexibility index (Phi) is 2.56. The minimum atomic E-state index is -0.339. The van der Waals surface area contributed by atoms with Crippen LogP contribution in [-0.4, -0.2) is 10.9 Å². The number of primary amides is 1. The standard InChI is InChI=1S/C13H13N3OS/c14-8-3-1-7-2-4-10-13(9(7)5-8)18-12(16-10)6-11(15)17/h1,3,5H,2,4,6,14H2,(H2,15,17). The molecule has 0 atom stereocenters. The van der Waals surface area contributed by atoms with Gasteiger partial charge in [0.1, 0.15) is 5.01 Å². The van der Waals surface area contributed by atoms with E-state index >= 15 is 0 Å². The van der Waals surface area contributed by atoms with Crippen molar-refractivity contribution < 1.29 is 4.79 Å². The van der Waals surface area contributed by atoms with E-state index in [0.717, 1.165) is 39.7 Å². The van der Waals surface area contributed by atoms with Gasteiger partial charge in [-0.15, -0.1) is 11.3 Å². The maximum absolute atomic E-state index is 11.0. The molecule has 1 aromatic carbocycles. The van der Waals surface area contributed by atoms with Gasteiger partial charge in [-0.05, 0) is 36.1 Å². The molecule has 1 heterocycles. The van der Waals surface area contributed by atoms with E-state index in [0.29, 0.717) is 0 Å². The molecule has 0 radical (unpaired) electrons. The van der Waals surface area contributed by atoms with Crippen LogP contribution >= 0.6 is 11.3 Å². The largest absolute Gasteiger partial charge is 0.399 e. The fourth-order valence-corrected chi connectivity index (χ4v) is 3.45. The molecule has 1 aliphatic carbocycles. The summed E-state index contributed by atoms with van der Waals surface area (Å²) in [7, 11) is 0. The molecule has 1 amide bonds. The zero-order valence-electron chi connectivity index (χ0n) is 9.77. The van der Waals surface area contributed by atoms with Gasteiger partial charge in [0, 0.05) is 5.69 Å². The number of hydrogen-bond donors (Lipinski definition) is 2. The Morgan fingerprint density at radius 1 is 1.39 bits per heavy atom. The Morgan fingerprint density at radius 3 is 3.00 bits per heavy atom. The summed E-state index contributed by atoms with van der Waals surface area (Å²) >= 11 is 1.55. The molecule has 4 N–H and O–H groups in total. The second-order valence-electron chi connectivity index (χ2n) is 4.44. The summed E-state index contributed by atoms with van der Waals surface area (Å²) in [6.07, 6.45) is 2.11. The highest BCUT2D eigenvalue weighted by atomic mass is 32.1. The molecule has 92 valence electrons. The number of anilines is 1. The first-order valence-electron chi connectivity index (χ1n) is 5.79.